The van der Waals surface area contributed by atoms with Gasteiger partial charge in [-0.2, -0.15) is 0 Å². The van der Waals surface area contributed by atoms with Crippen LogP contribution in [-0.4, -0.2) is 42.3 Å². The minimum absolute atomic E-state index is 0.981. The van der Waals surface area contributed by atoms with Crippen molar-refractivity contribution in [2.45, 2.75) is 11.4 Å². The van der Waals surface area contributed by atoms with Crippen LogP contribution in [0.4, 0.5) is 0 Å². The zero-order chi connectivity index (χ0) is 14.5. The SMILES string of the molecule is CSc1ccc(-c2ncccc2CN2CCNCC2)cc1. The van der Waals surface area contributed by atoms with Crippen LogP contribution in [0.25, 0.3) is 11.3 Å². The Morgan fingerprint density at radius 1 is 1.14 bits per heavy atom. The van der Waals surface area contributed by atoms with E-state index in [2.05, 4.69) is 51.8 Å². The molecule has 110 valence electrons. The van der Waals surface area contributed by atoms with Gasteiger partial charge in [-0.15, -0.1) is 11.8 Å². The van der Waals surface area contributed by atoms with Gasteiger partial charge < -0.3 is 5.32 Å². The van der Waals surface area contributed by atoms with Crippen molar-refractivity contribution in [1.82, 2.24) is 15.2 Å². The van der Waals surface area contributed by atoms with E-state index < -0.39 is 0 Å². The van der Waals surface area contributed by atoms with E-state index in [0.29, 0.717) is 0 Å². The normalized spacial score (nSPS) is 16.0. The molecule has 1 N–H and O–H groups in total. The first kappa shape index (κ1) is 14.6. The van der Waals surface area contributed by atoms with Crippen molar-refractivity contribution in [3.63, 3.8) is 0 Å². The number of hydrogen-bond acceptors (Lipinski definition) is 4. The summed E-state index contributed by atoms with van der Waals surface area (Å²) in [5.74, 6) is 0. The monoisotopic (exact) mass is 299 g/mol. The fourth-order valence-electron chi connectivity index (χ4n) is 2.69. The molecule has 4 heteroatoms. The summed E-state index contributed by atoms with van der Waals surface area (Å²) in [7, 11) is 0. The minimum atomic E-state index is 0.981. The molecule has 0 saturated carbocycles. The quantitative estimate of drug-likeness (QED) is 0.879. The van der Waals surface area contributed by atoms with Gasteiger partial charge in [-0.3, -0.25) is 9.88 Å². The molecule has 0 radical (unpaired) electrons. The summed E-state index contributed by atoms with van der Waals surface area (Å²) in [6.45, 7) is 5.37. The maximum absolute atomic E-state index is 4.62. The first-order valence-electron chi connectivity index (χ1n) is 7.38. The van der Waals surface area contributed by atoms with Crippen LogP contribution in [0.1, 0.15) is 5.56 Å². The van der Waals surface area contributed by atoms with Crippen molar-refractivity contribution in [2.75, 3.05) is 32.4 Å². The zero-order valence-electron chi connectivity index (χ0n) is 12.4. The molecular formula is C17H21N3S. The molecule has 1 saturated heterocycles. The van der Waals surface area contributed by atoms with E-state index in [0.717, 1.165) is 38.4 Å². The topological polar surface area (TPSA) is 28.2 Å². The number of rotatable bonds is 4. The van der Waals surface area contributed by atoms with Gasteiger partial charge in [-0.25, -0.2) is 0 Å². The van der Waals surface area contributed by atoms with Gasteiger partial charge in [0.25, 0.3) is 0 Å². The summed E-state index contributed by atoms with van der Waals surface area (Å²) >= 11 is 1.77. The highest BCUT2D eigenvalue weighted by atomic mass is 32.2. The van der Waals surface area contributed by atoms with Gasteiger partial charge in [0.15, 0.2) is 0 Å². The number of thioether (sulfide) groups is 1. The molecule has 2 heterocycles. The lowest BCUT2D eigenvalue weighted by Gasteiger charge is -2.27. The van der Waals surface area contributed by atoms with Crippen molar-refractivity contribution in [1.29, 1.82) is 0 Å². The maximum Gasteiger partial charge on any atom is 0.0746 e. The molecule has 0 atom stereocenters. The fraction of sp³-hybridized carbons (Fsp3) is 0.353. The van der Waals surface area contributed by atoms with Gasteiger partial charge in [-0.05, 0) is 30.0 Å². The number of nitrogens with zero attached hydrogens (tertiary/aromatic N) is 2. The largest absolute Gasteiger partial charge is 0.314 e. The van der Waals surface area contributed by atoms with Crippen LogP contribution in [0.2, 0.25) is 0 Å². The standard InChI is InChI=1S/C17H21N3S/c1-21-16-6-4-14(5-7-16)17-15(3-2-8-19-17)13-20-11-9-18-10-12-20/h2-8,18H,9-13H2,1H3. The Balaban J connectivity index is 1.83. The van der Waals surface area contributed by atoms with E-state index in [-0.39, 0.29) is 0 Å². The highest BCUT2D eigenvalue weighted by molar-refractivity contribution is 7.98. The number of hydrogen-bond donors (Lipinski definition) is 1. The summed E-state index contributed by atoms with van der Waals surface area (Å²) in [6, 6.07) is 12.9. The second-order valence-electron chi connectivity index (χ2n) is 5.27. The molecule has 1 aliphatic rings. The van der Waals surface area contributed by atoms with Crippen molar-refractivity contribution in [2.24, 2.45) is 0 Å². The van der Waals surface area contributed by atoms with Crippen LogP contribution in [0.15, 0.2) is 47.5 Å². The Kier molecular flexibility index (Phi) is 4.91. The summed E-state index contributed by atoms with van der Waals surface area (Å²) in [5.41, 5.74) is 3.64. The van der Waals surface area contributed by atoms with Crippen molar-refractivity contribution in [3.8, 4) is 11.3 Å². The molecule has 1 aliphatic heterocycles. The number of benzene rings is 1. The number of aromatic nitrogens is 1. The lowest BCUT2D eigenvalue weighted by molar-refractivity contribution is 0.233. The molecule has 2 aromatic rings. The van der Waals surface area contributed by atoms with Gasteiger partial charge >= 0.3 is 0 Å². The van der Waals surface area contributed by atoms with Crippen LogP contribution in [-0.2, 0) is 6.54 Å². The molecule has 0 unspecified atom stereocenters. The molecule has 1 aromatic heterocycles. The average Bonchev–Trinajstić information content (AvgIpc) is 2.56. The summed E-state index contributed by atoms with van der Waals surface area (Å²) in [5, 5.41) is 3.40. The summed E-state index contributed by atoms with van der Waals surface area (Å²) in [4.78, 5) is 8.40. The van der Waals surface area contributed by atoms with Crippen LogP contribution in [0.3, 0.4) is 0 Å². The van der Waals surface area contributed by atoms with Gasteiger partial charge in [0, 0.05) is 49.4 Å². The van der Waals surface area contributed by atoms with E-state index in [9.17, 15) is 0 Å². The van der Waals surface area contributed by atoms with Gasteiger partial charge in [0.2, 0.25) is 0 Å². The third-order valence-corrected chi connectivity index (χ3v) is 4.60. The first-order valence-corrected chi connectivity index (χ1v) is 8.60. The van der Waals surface area contributed by atoms with Crippen LogP contribution < -0.4 is 5.32 Å². The lowest BCUT2D eigenvalue weighted by Crippen LogP contribution is -2.42. The molecule has 1 aromatic carbocycles. The van der Waals surface area contributed by atoms with E-state index in [1.807, 2.05) is 12.3 Å². The smallest absolute Gasteiger partial charge is 0.0746 e. The highest BCUT2D eigenvalue weighted by Gasteiger charge is 2.13. The molecule has 0 aliphatic carbocycles. The van der Waals surface area contributed by atoms with Gasteiger partial charge in [-0.1, -0.05) is 18.2 Å². The van der Waals surface area contributed by atoms with E-state index >= 15 is 0 Å². The highest BCUT2D eigenvalue weighted by Crippen LogP contribution is 2.25. The van der Waals surface area contributed by atoms with E-state index in [1.165, 1.54) is 16.0 Å². The Bertz CT molecular complexity index is 577. The van der Waals surface area contributed by atoms with Crippen molar-refractivity contribution < 1.29 is 0 Å². The third kappa shape index (κ3) is 3.64. The second-order valence-corrected chi connectivity index (χ2v) is 6.15. The molecule has 0 spiro atoms. The van der Waals surface area contributed by atoms with E-state index in [4.69, 9.17) is 0 Å². The molecule has 3 nitrogen and oxygen atoms in total. The van der Waals surface area contributed by atoms with Crippen molar-refractivity contribution in [3.05, 3.63) is 48.2 Å². The van der Waals surface area contributed by atoms with Crippen LogP contribution in [0, 0.1) is 0 Å². The Morgan fingerprint density at radius 3 is 2.62 bits per heavy atom. The fourth-order valence-corrected chi connectivity index (χ4v) is 3.09. The maximum atomic E-state index is 4.62. The Hall–Kier alpha value is -1.36. The van der Waals surface area contributed by atoms with Crippen LogP contribution in [0.5, 0.6) is 0 Å². The summed E-state index contributed by atoms with van der Waals surface area (Å²) < 4.78 is 0. The Labute approximate surface area is 130 Å². The molecule has 3 rings (SSSR count). The third-order valence-electron chi connectivity index (χ3n) is 3.86. The zero-order valence-corrected chi connectivity index (χ0v) is 13.2. The number of nitrogens with one attached hydrogen (secondary N) is 1. The summed E-state index contributed by atoms with van der Waals surface area (Å²) in [6.07, 6.45) is 3.99. The molecule has 21 heavy (non-hydrogen) atoms. The molecule has 1 fully saturated rings. The minimum Gasteiger partial charge on any atom is -0.314 e. The molecular weight excluding hydrogens is 278 g/mol. The average molecular weight is 299 g/mol. The lowest BCUT2D eigenvalue weighted by atomic mass is 10.1. The Morgan fingerprint density at radius 2 is 1.90 bits per heavy atom. The van der Waals surface area contributed by atoms with Gasteiger partial charge in [0.1, 0.15) is 0 Å². The predicted octanol–water partition coefficient (Wildman–Crippen LogP) is 2.88. The first-order chi connectivity index (χ1) is 10.4. The second kappa shape index (κ2) is 7.07. The van der Waals surface area contributed by atoms with Crippen LogP contribution >= 0.6 is 11.8 Å². The molecule has 0 amide bonds. The molecule has 0 bridgehead atoms. The van der Waals surface area contributed by atoms with Crippen molar-refractivity contribution >= 4 is 11.8 Å². The number of piperazine rings is 1. The predicted molar refractivity (Wildman–Crippen MR) is 89.6 cm³/mol. The number of pyridine rings is 1. The van der Waals surface area contributed by atoms with E-state index in [1.54, 1.807) is 11.8 Å². The van der Waals surface area contributed by atoms with Gasteiger partial charge in [0.05, 0.1) is 5.69 Å².